The fraction of sp³-hybridized carbons (Fsp3) is 0.200. The molecule has 1 aliphatic carbocycles. The van der Waals surface area contributed by atoms with Crippen molar-refractivity contribution in [2.75, 3.05) is 0 Å². The highest BCUT2D eigenvalue weighted by Crippen LogP contribution is 2.50. The third-order valence-electron chi connectivity index (χ3n) is 10.4. The highest BCUT2D eigenvalue weighted by atomic mass is 15.5. The van der Waals surface area contributed by atoms with Crippen LogP contribution in [-0.2, 0) is 10.8 Å². The first-order chi connectivity index (χ1) is 22.5. The summed E-state index contributed by atoms with van der Waals surface area (Å²) in [5.74, 6) is 0. The summed E-state index contributed by atoms with van der Waals surface area (Å²) < 4.78 is 4.72. The second kappa shape index (κ2) is 10.5. The molecule has 0 saturated heterocycles. The van der Waals surface area contributed by atoms with Gasteiger partial charge in [0.2, 0.25) is 12.4 Å². The van der Waals surface area contributed by atoms with E-state index in [2.05, 4.69) is 185 Å². The van der Waals surface area contributed by atoms with Crippen LogP contribution in [0.1, 0.15) is 62.4 Å². The van der Waals surface area contributed by atoms with Crippen LogP contribution in [0.5, 0.6) is 0 Å². The van der Waals surface area contributed by atoms with Crippen LogP contribution in [0.25, 0.3) is 55.2 Å². The Morgan fingerprint density at radius 3 is 2.02 bits per heavy atom. The van der Waals surface area contributed by atoms with Crippen LogP contribution in [0.3, 0.4) is 0 Å². The Kier molecular flexibility index (Phi) is 6.53. The lowest BCUT2D eigenvalue weighted by molar-refractivity contribution is -1.29. The predicted octanol–water partition coefficient (Wildman–Crippen LogP) is 10.4. The van der Waals surface area contributed by atoms with E-state index < -0.39 is 0 Å². The highest BCUT2D eigenvalue weighted by Gasteiger charge is 2.38. The monoisotopic (exact) mass is 610 g/mol. The molecule has 0 amide bonds. The Morgan fingerprint density at radius 1 is 0.511 bits per heavy atom. The zero-order valence-corrected chi connectivity index (χ0v) is 28.5. The van der Waals surface area contributed by atoms with E-state index in [1.54, 1.807) is 0 Å². The average molecular weight is 611 g/mol. The lowest BCUT2D eigenvalue weighted by atomic mass is 9.81. The van der Waals surface area contributed by atoms with E-state index in [-0.39, 0.29) is 10.8 Å². The summed E-state index contributed by atoms with van der Waals surface area (Å²) in [5, 5.41) is 5.13. The second-order valence-corrected chi connectivity index (χ2v) is 14.9. The first kappa shape index (κ1) is 29.3. The summed E-state index contributed by atoms with van der Waals surface area (Å²) in [5.41, 5.74) is 14.1. The summed E-state index contributed by atoms with van der Waals surface area (Å²) >= 11 is 0. The summed E-state index contributed by atoms with van der Waals surface area (Å²) in [6, 6.07) is 42.9. The number of aromatic nitrogens is 2. The maximum Gasteiger partial charge on any atom is 0.284 e. The van der Waals surface area contributed by atoms with Gasteiger partial charge in [-0.3, -0.25) is 0 Å². The maximum absolute atomic E-state index is 2.46. The van der Waals surface area contributed by atoms with Gasteiger partial charge < -0.3 is 0 Å². The van der Waals surface area contributed by atoms with Crippen molar-refractivity contribution in [1.29, 1.82) is 0 Å². The van der Waals surface area contributed by atoms with E-state index in [1.807, 2.05) is 0 Å². The molecule has 0 atom stereocenters. The van der Waals surface area contributed by atoms with E-state index in [0.29, 0.717) is 0 Å². The van der Waals surface area contributed by atoms with Crippen LogP contribution in [-0.4, -0.2) is 0 Å². The van der Waals surface area contributed by atoms with Gasteiger partial charge >= 0.3 is 0 Å². The molecule has 0 spiro atoms. The Morgan fingerprint density at radius 2 is 1.19 bits per heavy atom. The van der Waals surface area contributed by atoms with Crippen molar-refractivity contribution < 1.29 is 9.35 Å². The van der Waals surface area contributed by atoms with Crippen LogP contribution in [0.4, 0.5) is 0 Å². The number of hydrogen-bond acceptors (Lipinski definition) is 0. The third-order valence-corrected chi connectivity index (χ3v) is 10.4. The van der Waals surface area contributed by atoms with Crippen LogP contribution in [0.2, 0.25) is 0 Å². The van der Waals surface area contributed by atoms with Gasteiger partial charge in [0.05, 0.1) is 20.5 Å². The van der Waals surface area contributed by atoms with Crippen molar-refractivity contribution in [2.45, 2.75) is 59.3 Å². The molecule has 0 radical (unpaired) electrons. The standard InChI is InChI=1S/C45H42N2/c1-29-24-38-32(20-19-31-14-8-9-15-34(31)38)26-36(29)42-18-12-13-23-46(42)47-28-33(44(3,4)5)21-22-43(47)37-27-41-39(25-30(37)2)35-16-10-11-17-40(35)45(41,6)7/h8-28H,1-7H3/q+2. The Bertz CT molecular complexity index is 2390. The number of pyridine rings is 2. The minimum Gasteiger partial charge on any atom is -0.0619 e. The Labute approximate surface area is 278 Å². The molecule has 0 fully saturated rings. The normalized spacial score (nSPS) is 13.6. The largest absolute Gasteiger partial charge is 0.284 e. The highest BCUT2D eigenvalue weighted by molar-refractivity contribution is 6.08. The molecule has 1 aliphatic rings. The molecule has 5 aromatic carbocycles. The van der Waals surface area contributed by atoms with Crippen molar-refractivity contribution in [3.05, 3.63) is 155 Å². The molecule has 0 bridgehead atoms. The molecule has 0 N–H and O–H groups in total. The van der Waals surface area contributed by atoms with Crippen LogP contribution < -0.4 is 9.35 Å². The fourth-order valence-corrected chi connectivity index (χ4v) is 7.73. The zero-order chi connectivity index (χ0) is 32.7. The molecule has 0 saturated carbocycles. The predicted molar refractivity (Wildman–Crippen MR) is 196 cm³/mol. The molecule has 0 aliphatic heterocycles. The number of aryl methyl sites for hydroxylation is 2. The van der Waals surface area contributed by atoms with Gasteiger partial charge in [-0.15, -0.1) is 0 Å². The van der Waals surface area contributed by atoms with Crippen LogP contribution in [0, 0.1) is 13.8 Å². The van der Waals surface area contributed by atoms with Gasteiger partial charge in [0.1, 0.15) is 0 Å². The summed E-state index contributed by atoms with van der Waals surface area (Å²) in [4.78, 5) is 0. The van der Waals surface area contributed by atoms with Gasteiger partial charge in [0.15, 0.2) is 0 Å². The SMILES string of the molecule is Cc1cc2c(cc1-c1ccc(C(C)(C)C)c[n+]1-[n+]1ccccc1-c1cc3ccc4ccccc4c3cc1C)C(C)(C)c1ccccc1-2. The Balaban J connectivity index is 1.37. The van der Waals surface area contributed by atoms with Crippen molar-refractivity contribution in [3.63, 3.8) is 0 Å². The van der Waals surface area contributed by atoms with E-state index in [1.165, 1.54) is 77.3 Å². The first-order valence-electron chi connectivity index (χ1n) is 16.8. The molecular formula is C45H42N2+2. The summed E-state index contributed by atoms with van der Waals surface area (Å²) in [6.45, 7) is 16.1. The molecule has 2 heterocycles. The van der Waals surface area contributed by atoms with E-state index >= 15 is 0 Å². The third kappa shape index (κ3) is 4.61. The van der Waals surface area contributed by atoms with Crippen molar-refractivity contribution in [2.24, 2.45) is 0 Å². The van der Waals surface area contributed by atoms with Gasteiger partial charge in [0, 0.05) is 29.2 Å². The minimum absolute atomic E-state index is 0.00762. The number of nitrogens with zero attached hydrogens (tertiary/aromatic N) is 2. The van der Waals surface area contributed by atoms with Gasteiger partial charge in [-0.2, -0.15) is 0 Å². The van der Waals surface area contributed by atoms with E-state index in [0.717, 1.165) is 5.69 Å². The smallest absolute Gasteiger partial charge is 0.0619 e. The fourth-order valence-electron chi connectivity index (χ4n) is 7.73. The summed E-state index contributed by atoms with van der Waals surface area (Å²) in [7, 11) is 0. The molecular weight excluding hydrogens is 569 g/mol. The van der Waals surface area contributed by atoms with E-state index in [9.17, 15) is 0 Å². The lowest BCUT2D eigenvalue weighted by Gasteiger charge is -2.22. The topological polar surface area (TPSA) is 7.76 Å². The second-order valence-electron chi connectivity index (χ2n) is 14.9. The van der Waals surface area contributed by atoms with Gasteiger partial charge in [-0.1, -0.05) is 101 Å². The molecule has 2 heteroatoms. The van der Waals surface area contributed by atoms with Gasteiger partial charge in [-0.05, 0) is 105 Å². The number of rotatable bonds is 3. The quantitative estimate of drug-likeness (QED) is 0.139. The summed E-state index contributed by atoms with van der Waals surface area (Å²) in [6.07, 6.45) is 4.55. The minimum atomic E-state index is -0.0675. The average Bonchev–Trinajstić information content (AvgIpc) is 3.28. The number of hydrogen-bond donors (Lipinski definition) is 0. The molecule has 7 aromatic rings. The lowest BCUT2D eigenvalue weighted by Crippen LogP contribution is -2.68. The van der Waals surface area contributed by atoms with Crippen LogP contribution >= 0.6 is 0 Å². The van der Waals surface area contributed by atoms with Crippen LogP contribution in [0.15, 0.2) is 128 Å². The van der Waals surface area contributed by atoms with Crippen molar-refractivity contribution in [3.8, 4) is 33.6 Å². The Hall–Kier alpha value is -5.08. The molecule has 8 rings (SSSR count). The molecule has 0 unspecified atom stereocenters. The van der Waals surface area contributed by atoms with Crippen molar-refractivity contribution in [1.82, 2.24) is 0 Å². The zero-order valence-electron chi connectivity index (χ0n) is 28.5. The molecule has 2 nitrogen and oxygen atoms in total. The number of fused-ring (bicyclic) bond motifs is 6. The number of benzene rings is 5. The van der Waals surface area contributed by atoms with E-state index in [4.69, 9.17) is 0 Å². The molecule has 230 valence electrons. The maximum atomic E-state index is 2.46. The van der Waals surface area contributed by atoms with Gasteiger partial charge in [-0.25, -0.2) is 0 Å². The van der Waals surface area contributed by atoms with Gasteiger partial charge in [0.25, 0.3) is 11.4 Å². The molecule has 47 heavy (non-hydrogen) atoms. The first-order valence-corrected chi connectivity index (χ1v) is 16.8. The van der Waals surface area contributed by atoms with Crippen molar-refractivity contribution >= 4 is 21.5 Å². The molecule has 2 aromatic heterocycles.